The van der Waals surface area contributed by atoms with Crippen LogP contribution in [-0.4, -0.2) is 26.4 Å². The van der Waals surface area contributed by atoms with Gasteiger partial charge in [0.2, 0.25) is 5.91 Å². The first-order valence-corrected chi connectivity index (χ1v) is 10.0. The molecule has 0 aliphatic carbocycles. The van der Waals surface area contributed by atoms with Crippen LogP contribution in [0.2, 0.25) is 0 Å². The molecule has 0 unspecified atom stereocenters. The molecule has 5 nitrogen and oxygen atoms in total. The third kappa shape index (κ3) is 5.61. The second-order valence-corrected chi connectivity index (χ2v) is 7.81. The number of alkyl halides is 6. The number of aromatic nitrogens is 3. The maximum atomic E-state index is 12.9. The predicted octanol–water partition coefficient (Wildman–Crippen LogP) is 5.56. The molecule has 1 heterocycles. The van der Waals surface area contributed by atoms with E-state index in [0.717, 1.165) is 22.9 Å². The van der Waals surface area contributed by atoms with E-state index in [1.54, 1.807) is 11.6 Å². The van der Waals surface area contributed by atoms with Gasteiger partial charge in [0.05, 0.1) is 16.9 Å². The van der Waals surface area contributed by atoms with Gasteiger partial charge < -0.3 is 9.88 Å². The molecule has 0 aliphatic heterocycles. The summed E-state index contributed by atoms with van der Waals surface area (Å²) in [4.78, 5) is 12.2. The fourth-order valence-electron chi connectivity index (χ4n) is 2.75. The smallest absolute Gasteiger partial charge is 0.325 e. The van der Waals surface area contributed by atoms with Gasteiger partial charge in [0, 0.05) is 18.3 Å². The minimum Gasteiger partial charge on any atom is -0.325 e. The molecule has 0 radical (unpaired) electrons. The van der Waals surface area contributed by atoms with Gasteiger partial charge in [-0.3, -0.25) is 4.79 Å². The lowest BCUT2D eigenvalue weighted by Gasteiger charge is -2.14. The SMILES string of the molecule is Cc1ccc(-c2nnc(SCC(=O)Nc3cc(C(F)(F)F)cc(C(F)(F)F)c3)n2C)cc1. The highest BCUT2D eigenvalue weighted by molar-refractivity contribution is 7.99. The molecule has 1 amide bonds. The van der Waals surface area contributed by atoms with E-state index in [0.29, 0.717) is 23.1 Å². The third-order valence-electron chi connectivity index (χ3n) is 4.35. The first-order valence-electron chi connectivity index (χ1n) is 9.03. The van der Waals surface area contributed by atoms with Gasteiger partial charge in [0.15, 0.2) is 11.0 Å². The van der Waals surface area contributed by atoms with Crippen LogP contribution < -0.4 is 5.32 Å². The number of carbonyl (C=O) groups is 1. The van der Waals surface area contributed by atoms with Crippen molar-refractivity contribution >= 4 is 23.4 Å². The average Bonchev–Trinajstić information content (AvgIpc) is 3.06. The molecule has 1 aromatic heterocycles. The van der Waals surface area contributed by atoms with Crippen LogP contribution in [-0.2, 0) is 24.2 Å². The van der Waals surface area contributed by atoms with Gasteiger partial charge in [-0.15, -0.1) is 10.2 Å². The maximum absolute atomic E-state index is 12.9. The van der Waals surface area contributed by atoms with Gasteiger partial charge in [-0.1, -0.05) is 41.6 Å². The Bertz CT molecular complexity index is 1090. The summed E-state index contributed by atoms with van der Waals surface area (Å²) in [5, 5.41) is 10.5. The van der Waals surface area contributed by atoms with E-state index in [1.807, 2.05) is 31.2 Å². The van der Waals surface area contributed by atoms with E-state index in [1.165, 1.54) is 0 Å². The number of rotatable bonds is 5. The molecule has 0 bridgehead atoms. The van der Waals surface area contributed by atoms with E-state index in [4.69, 9.17) is 0 Å². The van der Waals surface area contributed by atoms with Crippen molar-refractivity contribution in [1.29, 1.82) is 0 Å². The maximum Gasteiger partial charge on any atom is 0.416 e. The second kappa shape index (κ2) is 8.85. The molecule has 0 fully saturated rings. The number of benzene rings is 2. The zero-order chi connectivity index (χ0) is 23.7. The van der Waals surface area contributed by atoms with Crippen LogP contribution >= 0.6 is 11.8 Å². The van der Waals surface area contributed by atoms with Gasteiger partial charge in [-0.25, -0.2) is 0 Å². The van der Waals surface area contributed by atoms with Crippen LogP contribution in [0, 0.1) is 6.92 Å². The van der Waals surface area contributed by atoms with Crippen molar-refractivity contribution in [3.05, 3.63) is 59.2 Å². The summed E-state index contributed by atoms with van der Waals surface area (Å²) in [5.41, 5.74) is -1.76. The molecule has 0 saturated heterocycles. The average molecular weight is 474 g/mol. The Kier molecular flexibility index (Phi) is 6.54. The fourth-order valence-corrected chi connectivity index (χ4v) is 3.46. The molecule has 3 aromatic rings. The van der Waals surface area contributed by atoms with Crippen LogP contribution in [0.15, 0.2) is 47.6 Å². The fraction of sp³-hybridized carbons (Fsp3) is 0.250. The molecular formula is C20H16F6N4OS. The molecule has 0 spiro atoms. The molecule has 3 rings (SSSR count). The molecular weight excluding hydrogens is 458 g/mol. The summed E-state index contributed by atoms with van der Waals surface area (Å²) in [6, 6.07) is 8.41. The van der Waals surface area contributed by atoms with Crippen LogP contribution in [0.25, 0.3) is 11.4 Å². The Balaban J connectivity index is 1.72. The lowest BCUT2D eigenvalue weighted by Crippen LogP contribution is -2.17. The minimum atomic E-state index is -5.00. The van der Waals surface area contributed by atoms with Gasteiger partial charge >= 0.3 is 12.4 Å². The Labute approximate surface area is 182 Å². The second-order valence-electron chi connectivity index (χ2n) is 6.86. The highest BCUT2D eigenvalue weighted by atomic mass is 32.2. The van der Waals surface area contributed by atoms with Crippen molar-refractivity contribution < 1.29 is 31.1 Å². The van der Waals surface area contributed by atoms with Gasteiger partial charge in [-0.2, -0.15) is 26.3 Å². The lowest BCUT2D eigenvalue weighted by molar-refractivity contribution is -0.143. The highest BCUT2D eigenvalue weighted by Gasteiger charge is 2.37. The van der Waals surface area contributed by atoms with Crippen LogP contribution in [0.3, 0.4) is 0 Å². The van der Waals surface area contributed by atoms with Crippen molar-refractivity contribution in [3.8, 4) is 11.4 Å². The summed E-state index contributed by atoms with van der Waals surface area (Å²) in [6.45, 7) is 1.93. The first-order chi connectivity index (χ1) is 14.8. The van der Waals surface area contributed by atoms with E-state index >= 15 is 0 Å². The van der Waals surface area contributed by atoms with Gasteiger partial charge in [0.25, 0.3) is 0 Å². The van der Waals surface area contributed by atoms with Crippen molar-refractivity contribution in [2.75, 3.05) is 11.1 Å². The number of thioether (sulfide) groups is 1. The highest BCUT2D eigenvalue weighted by Crippen LogP contribution is 2.37. The lowest BCUT2D eigenvalue weighted by atomic mass is 10.1. The van der Waals surface area contributed by atoms with Gasteiger partial charge in [-0.05, 0) is 25.1 Å². The zero-order valence-electron chi connectivity index (χ0n) is 16.7. The third-order valence-corrected chi connectivity index (χ3v) is 5.37. The van der Waals surface area contributed by atoms with E-state index in [2.05, 4.69) is 15.5 Å². The largest absolute Gasteiger partial charge is 0.416 e. The molecule has 0 atom stereocenters. The normalized spacial score (nSPS) is 12.1. The Morgan fingerprint density at radius 2 is 1.53 bits per heavy atom. The standard InChI is InChI=1S/C20H16F6N4OS/c1-11-3-5-12(6-4-11)17-28-29-18(30(17)2)32-10-16(31)27-15-8-13(19(21,22)23)7-14(9-15)20(24,25)26/h3-9H,10H2,1-2H3,(H,27,31). The van der Waals surface area contributed by atoms with E-state index in [9.17, 15) is 31.1 Å². The molecule has 32 heavy (non-hydrogen) atoms. The van der Waals surface area contributed by atoms with Crippen molar-refractivity contribution in [2.24, 2.45) is 7.05 Å². The van der Waals surface area contributed by atoms with Crippen LogP contribution in [0.4, 0.5) is 32.0 Å². The summed E-state index contributed by atoms with van der Waals surface area (Å²) >= 11 is 0.945. The molecule has 170 valence electrons. The van der Waals surface area contributed by atoms with Crippen LogP contribution in [0.5, 0.6) is 0 Å². The number of nitrogens with one attached hydrogen (secondary N) is 1. The summed E-state index contributed by atoms with van der Waals surface area (Å²) in [6.07, 6.45) is -10.00. The zero-order valence-corrected chi connectivity index (χ0v) is 17.5. The summed E-state index contributed by atoms with van der Waals surface area (Å²) < 4.78 is 79.3. The molecule has 0 saturated carbocycles. The number of amides is 1. The number of halogens is 6. The molecule has 1 N–H and O–H groups in total. The van der Waals surface area contributed by atoms with Crippen molar-refractivity contribution in [3.63, 3.8) is 0 Å². The monoisotopic (exact) mass is 474 g/mol. The molecule has 2 aromatic carbocycles. The molecule has 0 aliphatic rings. The first kappa shape index (κ1) is 23.6. The van der Waals surface area contributed by atoms with Gasteiger partial charge in [0.1, 0.15) is 0 Å². The Morgan fingerprint density at radius 3 is 2.06 bits per heavy atom. The summed E-state index contributed by atoms with van der Waals surface area (Å²) in [5.74, 6) is -0.541. The number of anilines is 1. The number of nitrogens with zero attached hydrogens (tertiary/aromatic N) is 3. The minimum absolute atomic E-state index is 0.00340. The number of hydrogen-bond acceptors (Lipinski definition) is 4. The Morgan fingerprint density at radius 1 is 0.969 bits per heavy atom. The molecule has 12 heteroatoms. The van der Waals surface area contributed by atoms with E-state index in [-0.39, 0.29) is 11.8 Å². The quantitative estimate of drug-likeness (QED) is 0.389. The van der Waals surface area contributed by atoms with Crippen molar-refractivity contribution in [2.45, 2.75) is 24.4 Å². The predicted molar refractivity (Wildman–Crippen MR) is 107 cm³/mol. The number of hydrogen-bond donors (Lipinski definition) is 1. The topological polar surface area (TPSA) is 59.8 Å². The number of aryl methyl sites for hydroxylation is 1. The van der Waals surface area contributed by atoms with E-state index < -0.39 is 35.1 Å². The van der Waals surface area contributed by atoms with Crippen LogP contribution in [0.1, 0.15) is 16.7 Å². The summed E-state index contributed by atoms with van der Waals surface area (Å²) in [7, 11) is 1.68. The number of carbonyl (C=O) groups excluding carboxylic acids is 1. The Hall–Kier alpha value is -3.02. The van der Waals surface area contributed by atoms with Crippen molar-refractivity contribution in [1.82, 2.24) is 14.8 Å².